The summed E-state index contributed by atoms with van der Waals surface area (Å²) in [6.07, 6.45) is 1.35. The number of furan rings is 1. The first-order valence-electron chi connectivity index (χ1n) is 8.86. The Balaban J connectivity index is 1.42. The van der Waals surface area contributed by atoms with Crippen molar-refractivity contribution in [3.05, 3.63) is 57.6 Å². The quantitative estimate of drug-likeness (QED) is 0.508. The fourth-order valence-electron chi connectivity index (χ4n) is 3.23. The third kappa shape index (κ3) is 3.13. The van der Waals surface area contributed by atoms with Crippen LogP contribution in [0.5, 0.6) is 11.5 Å². The van der Waals surface area contributed by atoms with E-state index in [2.05, 4.69) is 26.2 Å². The monoisotopic (exact) mass is 455 g/mol. The van der Waals surface area contributed by atoms with E-state index < -0.39 is 5.56 Å². The second kappa shape index (κ2) is 6.93. The van der Waals surface area contributed by atoms with Gasteiger partial charge in [-0.25, -0.2) is 4.98 Å². The molecule has 0 aliphatic carbocycles. The largest absolute Gasteiger partial charge is 0.486 e. The van der Waals surface area contributed by atoms with Gasteiger partial charge < -0.3 is 19.2 Å². The minimum Gasteiger partial charge on any atom is -0.486 e. The molecule has 1 amide bonds. The Morgan fingerprint density at radius 2 is 1.93 bits per heavy atom. The number of benzene rings is 2. The van der Waals surface area contributed by atoms with Crippen LogP contribution in [-0.2, 0) is 11.3 Å². The van der Waals surface area contributed by atoms with E-state index in [1.165, 1.54) is 10.9 Å². The maximum absolute atomic E-state index is 12.7. The molecule has 0 saturated carbocycles. The molecule has 2 aromatic carbocycles. The first kappa shape index (κ1) is 17.7. The highest BCUT2D eigenvalue weighted by atomic mass is 79.9. The lowest BCUT2D eigenvalue weighted by Gasteiger charge is -2.20. The minimum absolute atomic E-state index is 0.127. The molecule has 1 aliphatic heterocycles. The van der Waals surface area contributed by atoms with Gasteiger partial charge in [-0.2, -0.15) is 0 Å². The predicted molar refractivity (Wildman–Crippen MR) is 110 cm³/mol. The Hall–Kier alpha value is -3.33. The summed E-state index contributed by atoms with van der Waals surface area (Å²) in [6, 6.07) is 10.7. The van der Waals surface area contributed by atoms with Crippen molar-refractivity contribution in [1.82, 2.24) is 9.55 Å². The highest BCUT2D eigenvalue weighted by Gasteiger charge is 2.18. The molecule has 29 heavy (non-hydrogen) atoms. The van der Waals surface area contributed by atoms with Gasteiger partial charge in [0.15, 0.2) is 11.5 Å². The summed E-state index contributed by atoms with van der Waals surface area (Å²) < 4.78 is 18.6. The van der Waals surface area contributed by atoms with Gasteiger partial charge >= 0.3 is 0 Å². The summed E-state index contributed by atoms with van der Waals surface area (Å²) in [5.74, 6) is 0.774. The van der Waals surface area contributed by atoms with E-state index in [9.17, 15) is 9.59 Å². The molecule has 0 saturated heterocycles. The summed E-state index contributed by atoms with van der Waals surface area (Å²) in [7, 11) is 0. The van der Waals surface area contributed by atoms with Crippen LogP contribution in [0.3, 0.4) is 0 Å². The molecule has 8 nitrogen and oxygen atoms in total. The Bertz CT molecular complexity index is 1330. The number of carbonyl (C=O) groups is 1. The van der Waals surface area contributed by atoms with Crippen molar-refractivity contribution in [2.75, 3.05) is 18.5 Å². The van der Waals surface area contributed by atoms with Gasteiger partial charge in [0, 0.05) is 22.0 Å². The van der Waals surface area contributed by atoms with Crippen molar-refractivity contribution in [3.8, 4) is 11.5 Å². The van der Waals surface area contributed by atoms with E-state index in [4.69, 9.17) is 13.9 Å². The van der Waals surface area contributed by atoms with Gasteiger partial charge in [-0.3, -0.25) is 14.2 Å². The molecule has 5 rings (SSSR count). The third-order valence-electron chi connectivity index (χ3n) is 4.57. The van der Waals surface area contributed by atoms with Crippen molar-refractivity contribution in [2.45, 2.75) is 6.54 Å². The predicted octanol–water partition coefficient (Wildman–Crippen LogP) is 3.32. The van der Waals surface area contributed by atoms with Gasteiger partial charge in [0.05, 0.1) is 12.0 Å². The number of halogens is 1. The van der Waals surface area contributed by atoms with Gasteiger partial charge in [-0.05, 0) is 28.1 Å². The van der Waals surface area contributed by atoms with E-state index in [1.807, 2.05) is 18.2 Å². The van der Waals surface area contributed by atoms with Crippen LogP contribution < -0.4 is 20.3 Å². The Kier molecular flexibility index (Phi) is 4.24. The van der Waals surface area contributed by atoms with Gasteiger partial charge in [-0.1, -0.05) is 12.1 Å². The number of rotatable bonds is 3. The van der Waals surface area contributed by atoms with Crippen LogP contribution in [-0.4, -0.2) is 28.7 Å². The van der Waals surface area contributed by atoms with E-state index in [-0.39, 0.29) is 18.0 Å². The Morgan fingerprint density at radius 1 is 1.17 bits per heavy atom. The molecule has 9 heteroatoms. The number of ether oxygens (including phenoxy) is 2. The molecular formula is C20H14BrN3O5. The van der Waals surface area contributed by atoms with Crippen LogP contribution >= 0.6 is 15.9 Å². The summed E-state index contributed by atoms with van der Waals surface area (Å²) in [5, 5.41) is 3.53. The van der Waals surface area contributed by atoms with Crippen molar-refractivity contribution >= 4 is 49.6 Å². The van der Waals surface area contributed by atoms with Gasteiger partial charge in [0.2, 0.25) is 11.5 Å². The Morgan fingerprint density at radius 3 is 2.76 bits per heavy atom. The first-order valence-corrected chi connectivity index (χ1v) is 9.65. The molecule has 0 fully saturated rings. The molecule has 0 spiro atoms. The first-order chi connectivity index (χ1) is 14.1. The fourth-order valence-corrected chi connectivity index (χ4v) is 3.65. The molecule has 3 heterocycles. The molecule has 1 N–H and O–H groups in total. The number of hydrogen-bond donors (Lipinski definition) is 1. The fraction of sp³-hybridized carbons (Fsp3) is 0.150. The zero-order valence-electron chi connectivity index (χ0n) is 15.0. The van der Waals surface area contributed by atoms with E-state index in [0.717, 1.165) is 5.39 Å². The summed E-state index contributed by atoms with van der Waals surface area (Å²) >= 11 is 3.41. The van der Waals surface area contributed by atoms with Crippen LogP contribution in [0.2, 0.25) is 0 Å². The Labute approximate surface area is 172 Å². The number of aromatic nitrogens is 2. The van der Waals surface area contributed by atoms with Crippen LogP contribution in [0, 0.1) is 0 Å². The number of carbonyl (C=O) groups excluding carboxylic acids is 1. The maximum atomic E-state index is 12.7. The van der Waals surface area contributed by atoms with Crippen LogP contribution in [0.15, 0.2) is 56.4 Å². The second-order valence-corrected chi connectivity index (χ2v) is 7.33. The molecule has 0 atom stereocenters. The minimum atomic E-state index is -0.414. The molecule has 2 aromatic heterocycles. The molecule has 1 aliphatic rings. The molecule has 0 radical (unpaired) electrons. The van der Waals surface area contributed by atoms with E-state index in [0.29, 0.717) is 46.0 Å². The molecule has 146 valence electrons. The second-order valence-electron chi connectivity index (χ2n) is 6.48. The zero-order valence-corrected chi connectivity index (χ0v) is 16.6. The SMILES string of the molecule is O=C(Cn1cnc2c(oc3ccccc32)c1=O)Nc1cc2c(cc1Br)OCCO2. The number of anilines is 1. The normalized spacial score (nSPS) is 13.0. The smallest absolute Gasteiger partial charge is 0.297 e. The molecule has 0 unspecified atom stereocenters. The zero-order chi connectivity index (χ0) is 20.0. The van der Waals surface area contributed by atoms with Crippen LogP contribution in [0.1, 0.15) is 0 Å². The summed E-state index contributed by atoms with van der Waals surface area (Å²) in [4.78, 5) is 29.6. The van der Waals surface area contributed by atoms with Crippen molar-refractivity contribution in [2.24, 2.45) is 0 Å². The number of nitrogens with one attached hydrogen (secondary N) is 1. The molecule has 0 bridgehead atoms. The van der Waals surface area contributed by atoms with Gasteiger partial charge in [0.25, 0.3) is 5.56 Å². The third-order valence-corrected chi connectivity index (χ3v) is 5.23. The topological polar surface area (TPSA) is 95.6 Å². The van der Waals surface area contributed by atoms with Crippen LogP contribution in [0.25, 0.3) is 22.1 Å². The maximum Gasteiger partial charge on any atom is 0.297 e. The lowest BCUT2D eigenvalue weighted by atomic mass is 10.2. The number of amides is 1. The van der Waals surface area contributed by atoms with E-state index >= 15 is 0 Å². The summed E-state index contributed by atoms with van der Waals surface area (Å²) in [5.41, 5.74) is 1.29. The highest BCUT2D eigenvalue weighted by Crippen LogP contribution is 2.38. The number of hydrogen-bond acceptors (Lipinski definition) is 6. The van der Waals surface area contributed by atoms with Crippen molar-refractivity contribution in [1.29, 1.82) is 0 Å². The van der Waals surface area contributed by atoms with Gasteiger partial charge in [0.1, 0.15) is 30.9 Å². The van der Waals surface area contributed by atoms with Crippen molar-refractivity contribution < 1.29 is 18.7 Å². The summed E-state index contributed by atoms with van der Waals surface area (Å²) in [6.45, 7) is 0.714. The van der Waals surface area contributed by atoms with E-state index in [1.54, 1.807) is 18.2 Å². The standard InChI is InChI=1S/C20H14BrN3O5/c21-12-7-15-16(28-6-5-27-15)8-13(12)23-17(25)9-24-10-22-18-11-3-1-2-4-14(11)29-19(18)20(24)26/h1-4,7-8,10H,5-6,9H2,(H,23,25). The molecular weight excluding hydrogens is 442 g/mol. The lowest BCUT2D eigenvalue weighted by molar-refractivity contribution is -0.116. The average Bonchev–Trinajstić information content (AvgIpc) is 3.10. The number of para-hydroxylation sites is 1. The number of fused-ring (bicyclic) bond motifs is 4. The van der Waals surface area contributed by atoms with Crippen molar-refractivity contribution in [3.63, 3.8) is 0 Å². The highest BCUT2D eigenvalue weighted by molar-refractivity contribution is 9.10. The van der Waals surface area contributed by atoms with Gasteiger partial charge in [-0.15, -0.1) is 0 Å². The number of nitrogens with zero attached hydrogens (tertiary/aromatic N) is 2. The average molecular weight is 456 g/mol. The molecule has 4 aromatic rings. The van der Waals surface area contributed by atoms with Crippen LogP contribution in [0.4, 0.5) is 5.69 Å². The lowest BCUT2D eigenvalue weighted by Crippen LogP contribution is -2.27.